The fraction of sp³-hybridized carbons (Fsp3) is 0.500. The van der Waals surface area contributed by atoms with Crippen LogP contribution in [0.4, 0.5) is 0 Å². The SMILES string of the molecule is CCc1nc2sc([C@H](c3ccc(C)cc3)[NH+]3C[C@@H](C)O[C@H](C)C3)c(O)n2n1. The Labute approximate surface area is 163 Å². The first-order chi connectivity index (χ1) is 13.0. The molecule has 1 aliphatic heterocycles. The second-order valence-corrected chi connectivity index (χ2v) is 8.54. The van der Waals surface area contributed by atoms with E-state index in [1.54, 1.807) is 15.9 Å². The zero-order chi connectivity index (χ0) is 19.1. The Morgan fingerprint density at radius 3 is 2.52 bits per heavy atom. The molecule has 0 spiro atoms. The molecule has 0 unspecified atom stereocenters. The van der Waals surface area contributed by atoms with Gasteiger partial charge in [-0.3, -0.25) is 0 Å². The Morgan fingerprint density at radius 2 is 1.93 bits per heavy atom. The summed E-state index contributed by atoms with van der Waals surface area (Å²) in [6.07, 6.45) is 1.13. The van der Waals surface area contributed by atoms with Crippen LogP contribution in [0.25, 0.3) is 4.96 Å². The lowest BCUT2D eigenvalue weighted by molar-refractivity contribution is -0.939. The summed E-state index contributed by atoms with van der Waals surface area (Å²) in [5.74, 6) is 0.975. The molecule has 1 aromatic carbocycles. The van der Waals surface area contributed by atoms with Crippen LogP contribution in [0.2, 0.25) is 0 Å². The van der Waals surface area contributed by atoms with Crippen molar-refractivity contribution < 1.29 is 14.7 Å². The van der Waals surface area contributed by atoms with E-state index >= 15 is 0 Å². The fourth-order valence-corrected chi connectivity index (χ4v) is 5.17. The van der Waals surface area contributed by atoms with Gasteiger partial charge in [-0.15, -0.1) is 5.10 Å². The molecule has 27 heavy (non-hydrogen) atoms. The van der Waals surface area contributed by atoms with Gasteiger partial charge in [-0.1, -0.05) is 48.1 Å². The van der Waals surface area contributed by atoms with E-state index in [0.717, 1.165) is 35.2 Å². The minimum atomic E-state index is 0.0398. The first-order valence-corrected chi connectivity index (χ1v) is 10.4. The van der Waals surface area contributed by atoms with Gasteiger partial charge in [-0.25, -0.2) is 4.98 Å². The van der Waals surface area contributed by atoms with Crippen molar-refractivity contribution in [3.63, 3.8) is 0 Å². The molecule has 0 bridgehead atoms. The van der Waals surface area contributed by atoms with Gasteiger partial charge in [0, 0.05) is 12.0 Å². The van der Waals surface area contributed by atoms with Gasteiger partial charge in [-0.05, 0) is 20.8 Å². The number of aromatic hydroxyl groups is 1. The first-order valence-electron chi connectivity index (χ1n) is 9.60. The molecule has 0 radical (unpaired) electrons. The number of aryl methyl sites for hydroxylation is 2. The molecular formula is C20H27N4O2S+. The molecule has 4 rings (SSSR count). The van der Waals surface area contributed by atoms with E-state index in [0.29, 0.717) is 0 Å². The minimum Gasteiger partial charge on any atom is -0.492 e. The van der Waals surface area contributed by atoms with Crippen molar-refractivity contribution in [3.8, 4) is 5.88 Å². The number of hydrogen-bond acceptors (Lipinski definition) is 5. The highest BCUT2D eigenvalue weighted by Crippen LogP contribution is 2.35. The number of hydrogen-bond donors (Lipinski definition) is 2. The molecule has 3 aromatic rings. The van der Waals surface area contributed by atoms with Crippen LogP contribution in [0.3, 0.4) is 0 Å². The maximum atomic E-state index is 11.0. The number of fused-ring (bicyclic) bond motifs is 1. The molecule has 1 fully saturated rings. The second kappa shape index (κ2) is 7.22. The highest BCUT2D eigenvalue weighted by atomic mass is 32.1. The van der Waals surface area contributed by atoms with Gasteiger partial charge >= 0.3 is 0 Å². The summed E-state index contributed by atoms with van der Waals surface area (Å²) in [6.45, 7) is 10.2. The molecule has 0 saturated carbocycles. The number of thiazole rings is 1. The summed E-state index contributed by atoms with van der Waals surface area (Å²) in [6, 6.07) is 8.66. The number of morpholine rings is 1. The molecule has 3 atom stereocenters. The van der Waals surface area contributed by atoms with E-state index in [1.165, 1.54) is 16.0 Å². The highest BCUT2D eigenvalue weighted by Gasteiger charge is 2.37. The summed E-state index contributed by atoms with van der Waals surface area (Å²) in [5.41, 5.74) is 2.43. The topological polar surface area (TPSA) is 64.1 Å². The van der Waals surface area contributed by atoms with Gasteiger partial charge in [-0.2, -0.15) is 4.52 Å². The van der Waals surface area contributed by atoms with Gasteiger partial charge in [0.05, 0.1) is 0 Å². The van der Waals surface area contributed by atoms with E-state index in [9.17, 15) is 5.11 Å². The second-order valence-electron chi connectivity index (χ2n) is 7.53. The Kier molecular flexibility index (Phi) is 4.92. The number of ether oxygens (including phenoxy) is 1. The molecule has 144 valence electrons. The van der Waals surface area contributed by atoms with Gasteiger partial charge < -0.3 is 14.7 Å². The van der Waals surface area contributed by atoms with Crippen LogP contribution in [0.15, 0.2) is 24.3 Å². The zero-order valence-corrected chi connectivity index (χ0v) is 17.1. The van der Waals surface area contributed by atoms with Gasteiger partial charge in [0.1, 0.15) is 30.2 Å². The van der Waals surface area contributed by atoms with E-state index in [-0.39, 0.29) is 24.1 Å². The highest BCUT2D eigenvalue weighted by molar-refractivity contribution is 7.17. The number of aromatic nitrogens is 3. The summed E-state index contributed by atoms with van der Waals surface area (Å²) >= 11 is 1.54. The van der Waals surface area contributed by atoms with E-state index in [4.69, 9.17) is 4.74 Å². The summed E-state index contributed by atoms with van der Waals surface area (Å²) in [5, 5.41) is 15.4. The lowest BCUT2D eigenvalue weighted by Gasteiger charge is -2.37. The van der Waals surface area contributed by atoms with E-state index < -0.39 is 0 Å². The molecule has 2 aromatic heterocycles. The van der Waals surface area contributed by atoms with Crippen LogP contribution >= 0.6 is 11.3 Å². The van der Waals surface area contributed by atoms with Gasteiger partial charge in [0.2, 0.25) is 10.8 Å². The molecule has 0 aliphatic carbocycles. The van der Waals surface area contributed by atoms with E-state index in [1.807, 2.05) is 6.92 Å². The van der Waals surface area contributed by atoms with Crippen molar-refractivity contribution in [2.24, 2.45) is 0 Å². The van der Waals surface area contributed by atoms with Crippen LogP contribution in [0, 0.1) is 6.92 Å². The number of rotatable bonds is 4. The van der Waals surface area contributed by atoms with Crippen molar-refractivity contribution >= 4 is 16.3 Å². The van der Waals surface area contributed by atoms with Crippen molar-refractivity contribution in [2.75, 3.05) is 13.1 Å². The molecule has 3 heterocycles. The average Bonchev–Trinajstić information content (AvgIpc) is 3.16. The number of quaternary nitrogens is 1. The molecule has 6 nitrogen and oxygen atoms in total. The normalized spacial score (nSPS) is 24.4. The number of nitrogens with one attached hydrogen (secondary N) is 1. The summed E-state index contributed by atoms with van der Waals surface area (Å²) < 4.78 is 7.54. The average molecular weight is 388 g/mol. The first kappa shape index (κ1) is 18.4. The van der Waals surface area contributed by atoms with Crippen molar-refractivity contribution in [2.45, 2.75) is 52.4 Å². The third-order valence-corrected chi connectivity index (χ3v) is 6.29. The molecule has 0 amide bonds. The Morgan fingerprint density at radius 1 is 1.26 bits per heavy atom. The molecular weight excluding hydrogens is 360 g/mol. The molecule has 7 heteroatoms. The predicted octanol–water partition coefficient (Wildman–Crippen LogP) is 2.15. The van der Waals surface area contributed by atoms with Crippen LogP contribution in [0.1, 0.15) is 48.6 Å². The molecule has 1 saturated heterocycles. The number of benzene rings is 1. The smallest absolute Gasteiger partial charge is 0.235 e. The fourth-order valence-electron chi connectivity index (χ4n) is 4.01. The largest absolute Gasteiger partial charge is 0.492 e. The maximum absolute atomic E-state index is 11.0. The quantitative estimate of drug-likeness (QED) is 0.720. The van der Waals surface area contributed by atoms with Crippen molar-refractivity contribution in [1.82, 2.24) is 14.6 Å². The van der Waals surface area contributed by atoms with Gasteiger partial charge in [0.25, 0.3) is 0 Å². The molecule has 2 N–H and O–H groups in total. The number of nitrogens with zero attached hydrogens (tertiary/aromatic N) is 3. The van der Waals surface area contributed by atoms with Gasteiger partial charge in [0.15, 0.2) is 11.9 Å². The zero-order valence-electron chi connectivity index (χ0n) is 16.3. The lowest BCUT2D eigenvalue weighted by atomic mass is 10.0. The van der Waals surface area contributed by atoms with Crippen LogP contribution in [0.5, 0.6) is 5.88 Å². The Hall–Kier alpha value is -1.96. The predicted molar refractivity (Wildman–Crippen MR) is 106 cm³/mol. The third kappa shape index (κ3) is 3.47. The van der Waals surface area contributed by atoms with Crippen molar-refractivity contribution in [3.05, 3.63) is 46.1 Å². The van der Waals surface area contributed by atoms with Crippen LogP contribution in [-0.4, -0.2) is 45.0 Å². The van der Waals surface area contributed by atoms with Crippen molar-refractivity contribution in [1.29, 1.82) is 0 Å². The molecule has 1 aliphatic rings. The van der Waals surface area contributed by atoms with E-state index in [2.05, 4.69) is 55.1 Å². The maximum Gasteiger partial charge on any atom is 0.235 e. The third-order valence-electron chi connectivity index (χ3n) is 5.20. The Bertz CT molecular complexity index is 924. The Balaban J connectivity index is 1.81. The summed E-state index contributed by atoms with van der Waals surface area (Å²) in [4.78, 5) is 7.64. The lowest BCUT2D eigenvalue weighted by Crippen LogP contribution is -3.15. The monoisotopic (exact) mass is 387 g/mol. The standard InChI is InChI=1S/C20H26N4O2S/c1-5-16-21-20-24(22-16)19(25)18(27-20)17(15-8-6-12(2)7-9-15)23-10-13(3)26-14(4)11-23/h6-9,13-14,17,25H,5,10-11H2,1-4H3/p+1/t13-,14-,17+/m1/s1. The van der Waals surface area contributed by atoms with Crippen LogP contribution in [-0.2, 0) is 11.2 Å². The van der Waals surface area contributed by atoms with Crippen LogP contribution < -0.4 is 4.90 Å². The minimum absolute atomic E-state index is 0.0398. The summed E-state index contributed by atoms with van der Waals surface area (Å²) in [7, 11) is 0.